The van der Waals surface area contributed by atoms with Crippen molar-refractivity contribution in [2.75, 3.05) is 5.32 Å². The van der Waals surface area contributed by atoms with Crippen molar-refractivity contribution in [3.05, 3.63) is 71.8 Å². The number of nitro groups is 3. The summed E-state index contributed by atoms with van der Waals surface area (Å²) in [6, 6.07) is 6.41. The van der Waals surface area contributed by atoms with E-state index in [1.807, 2.05) is 13.8 Å². The molecule has 10 heteroatoms. The summed E-state index contributed by atoms with van der Waals surface area (Å²) >= 11 is 0. The third-order valence-corrected chi connectivity index (χ3v) is 3.46. The Morgan fingerprint density at radius 2 is 1.33 bits per heavy atom. The Morgan fingerprint density at radius 3 is 1.75 bits per heavy atom. The quantitative estimate of drug-likeness (QED) is 0.648. The van der Waals surface area contributed by atoms with Gasteiger partial charge in [-0.3, -0.25) is 30.3 Å². The summed E-state index contributed by atoms with van der Waals surface area (Å²) in [5.41, 5.74) is -0.347. The average Bonchev–Trinajstić information content (AvgIpc) is 2.50. The largest absolute Gasteiger partial charge is 0.344 e. The van der Waals surface area contributed by atoms with E-state index in [1.165, 1.54) is 0 Å². The predicted molar refractivity (Wildman–Crippen MR) is 85.6 cm³/mol. The summed E-state index contributed by atoms with van der Waals surface area (Å²) in [5, 5.41) is 35.9. The van der Waals surface area contributed by atoms with E-state index < -0.39 is 37.5 Å². The van der Waals surface area contributed by atoms with Crippen LogP contribution < -0.4 is 5.32 Å². The minimum atomic E-state index is -0.917. The van der Waals surface area contributed by atoms with E-state index in [-0.39, 0.29) is 0 Å². The first kappa shape index (κ1) is 16.8. The maximum atomic E-state index is 11.2. The van der Waals surface area contributed by atoms with Crippen molar-refractivity contribution in [2.45, 2.75) is 13.8 Å². The first-order valence-electron chi connectivity index (χ1n) is 6.66. The van der Waals surface area contributed by atoms with E-state index in [0.29, 0.717) is 17.8 Å². The Morgan fingerprint density at radius 1 is 0.792 bits per heavy atom. The molecule has 0 unspecified atom stereocenters. The van der Waals surface area contributed by atoms with E-state index >= 15 is 0 Å². The van der Waals surface area contributed by atoms with Gasteiger partial charge in [0.25, 0.3) is 5.69 Å². The van der Waals surface area contributed by atoms with Gasteiger partial charge in [-0.25, -0.2) is 0 Å². The Bertz CT molecular complexity index is 829. The normalized spacial score (nSPS) is 10.2. The molecule has 0 radical (unpaired) electrons. The number of nitrogens with zero attached hydrogens (tertiary/aromatic N) is 3. The number of nitro benzene ring substituents is 3. The van der Waals surface area contributed by atoms with E-state index in [0.717, 1.165) is 11.1 Å². The fourth-order valence-corrected chi connectivity index (χ4v) is 2.08. The molecule has 24 heavy (non-hydrogen) atoms. The van der Waals surface area contributed by atoms with Crippen LogP contribution in [-0.2, 0) is 0 Å². The summed E-state index contributed by atoms with van der Waals surface area (Å²) < 4.78 is 0. The molecule has 0 spiro atoms. The molecule has 2 aromatic rings. The van der Waals surface area contributed by atoms with Crippen LogP contribution in [0.25, 0.3) is 0 Å². The number of hydrogen-bond donors (Lipinski definition) is 1. The van der Waals surface area contributed by atoms with Gasteiger partial charge in [0, 0.05) is 5.69 Å². The Balaban J connectivity index is 2.65. The van der Waals surface area contributed by atoms with E-state index in [2.05, 4.69) is 5.32 Å². The van der Waals surface area contributed by atoms with E-state index in [9.17, 15) is 30.3 Å². The summed E-state index contributed by atoms with van der Waals surface area (Å²) in [4.78, 5) is 30.5. The molecule has 0 amide bonds. The molecule has 0 aliphatic carbocycles. The lowest BCUT2D eigenvalue weighted by Crippen LogP contribution is -2.03. The highest BCUT2D eigenvalue weighted by molar-refractivity contribution is 5.81. The Hall–Kier alpha value is -3.56. The second-order valence-corrected chi connectivity index (χ2v) is 5.05. The van der Waals surface area contributed by atoms with Gasteiger partial charge in [0.1, 0.15) is 0 Å². The van der Waals surface area contributed by atoms with Crippen LogP contribution >= 0.6 is 0 Å². The molecule has 0 aliphatic heterocycles. The van der Waals surface area contributed by atoms with Gasteiger partial charge in [-0.05, 0) is 37.1 Å². The van der Waals surface area contributed by atoms with Crippen molar-refractivity contribution in [3.8, 4) is 0 Å². The second kappa shape index (κ2) is 6.28. The van der Waals surface area contributed by atoms with Crippen LogP contribution in [-0.4, -0.2) is 14.8 Å². The van der Waals surface area contributed by atoms with Gasteiger partial charge in [0.15, 0.2) is 5.69 Å². The first-order valence-corrected chi connectivity index (χ1v) is 6.66. The van der Waals surface area contributed by atoms with Crippen molar-refractivity contribution >= 4 is 28.4 Å². The fraction of sp³-hybridized carbons (Fsp3) is 0.143. The molecule has 124 valence electrons. The topological polar surface area (TPSA) is 141 Å². The van der Waals surface area contributed by atoms with Crippen molar-refractivity contribution in [1.29, 1.82) is 0 Å². The van der Waals surface area contributed by atoms with Crippen LogP contribution in [0.3, 0.4) is 0 Å². The van der Waals surface area contributed by atoms with Crippen LogP contribution in [0.5, 0.6) is 0 Å². The predicted octanol–water partition coefficient (Wildman–Crippen LogP) is 3.77. The maximum Gasteiger partial charge on any atom is 0.306 e. The molecule has 0 atom stereocenters. The molecule has 0 heterocycles. The molecule has 10 nitrogen and oxygen atoms in total. The smallest absolute Gasteiger partial charge is 0.306 e. The van der Waals surface area contributed by atoms with Crippen LogP contribution in [0.15, 0.2) is 30.3 Å². The van der Waals surface area contributed by atoms with Crippen molar-refractivity contribution in [2.24, 2.45) is 0 Å². The lowest BCUT2D eigenvalue weighted by atomic mass is 10.1. The van der Waals surface area contributed by atoms with E-state index in [1.54, 1.807) is 18.2 Å². The SMILES string of the molecule is Cc1ccc(Nc2c([N+](=O)[O-])cc([N+](=O)[O-])cc2[N+](=O)[O-])cc1C. The zero-order valence-corrected chi connectivity index (χ0v) is 12.7. The zero-order chi connectivity index (χ0) is 18.0. The molecule has 0 saturated heterocycles. The molecule has 1 N–H and O–H groups in total. The monoisotopic (exact) mass is 332 g/mol. The van der Waals surface area contributed by atoms with Gasteiger partial charge in [-0.1, -0.05) is 6.07 Å². The number of nitrogens with one attached hydrogen (secondary N) is 1. The highest BCUT2D eigenvalue weighted by Gasteiger charge is 2.30. The van der Waals surface area contributed by atoms with Crippen LogP contribution in [0.1, 0.15) is 11.1 Å². The van der Waals surface area contributed by atoms with Gasteiger partial charge in [0.2, 0.25) is 0 Å². The molecular formula is C14H12N4O6. The molecule has 0 saturated carbocycles. The van der Waals surface area contributed by atoms with Crippen molar-refractivity contribution in [3.63, 3.8) is 0 Å². The van der Waals surface area contributed by atoms with E-state index in [4.69, 9.17) is 0 Å². The third-order valence-electron chi connectivity index (χ3n) is 3.46. The summed E-state index contributed by atoms with van der Waals surface area (Å²) in [5.74, 6) is 0. The van der Waals surface area contributed by atoms with Crippen molar-refractivity contribution in [1.82, 2.24) is 0 Å². The number of non-ortho nitro benzene ring substituents is 1. The molecule has 0 fully saturated rings. The van der Waals surface area contributed by atoms with Gasteiger partial charge >= 0.3 is 11.4 Å². The minimum absolute atomic E-state index is 0.401. The first-order chi connectivity index (χ1) is 11.2. The van der Waals surface area contributed by atoms with Crippen molar-refractivity contribution < 1.29 is 14.8 Å². The summed E-state index contributed by atoms with van der Waals surface area (Å²) in [6.07, 6.45) is 0. The lowest BCUT2D eigenvalue weighted by molar-refractivity contribution is -0.401. The highest BCUT2D eigenvalue weighted by atomic mass is 16.6. The molecule has 0 bridgehead atoms. The third kappa shape index (κ3) is 3.27. The highest BCUT2D eigenvalue weighted by Crippen LogP contribution is 2.40. The van der Waals surface area contributed by atoms with Crippen LogP contribution in [0, 0.1) is 44.2 Å². The Labute approximate surface area is 135 Å². The second-order valence-electron chi connectivity index (χ2n) is 5.05. The number of anilines is 2. The van der Waals surface area contributed by atoms with Crippen LogP contribution in [0.4, 0.5) is 28.4 Å². The van der Waals surface area contributed by atoms with Gasteiger partial charge in [-0.2, -0.15) is 0 Å². The lowest BCUT2D eigenvalue weighted by Gasteiger charge is -2.09. The van der Waals surface area contributed by atoms with Crippen LogP contribution in [0.2, 0.25) is 0 Å². The molecular weight excluding hydrogens is 320 g/mol. The summed E-state index contributed by atoms with van der Waals surface area (Å²) in [7, 11) is 0. The maximum absolute atomic E-state index is 11.2. The fourth-order valence-electron chi connectivity index (χ4n) is 2.08. The number of hydrogen-bond acceptors (Lipinski definition) is 7. The number of aryl methyl sites for hydroxylation is 2. The molecule has 2 rings (SSSR count). The molecule has 0 aliphatic rings. The van der Waals surface area contributed by atoms with Gasteiger partial charge in [-0.15, -0.1) is 0 Å². The van der Waals surface area contributed by atoms with Gasteiger partial charge < -0.3 is 5.32 Å². The minimum Gasteiger partial charge on any atom is -0.344 e. The molecule has 0 aromatic heterocycles. The van der Waals surface area contributed by atoms with Gasteiger partial charge in [0.05, 0.1) is 26.9 Å². The molecule has 2 aromatic carbocycles. The Kier molecular flexibility index (Phi) is 4.40. The number of rotatable bonds is 5. The summed E-state index contributed by atoms with van der Waals surface area (Å²) in [6.45, 7) is 3.69. The standard InChI is InChI=1S/C14H12N4O6/c1-8-3-4-10(5-9(8)2)15-14-12(17(21)22)6-11(16(19)20)7-13(14)18(23)24/h3-7,15H,1-2H3. The average molecular weight is 332 g/mol. The zero-order valence-electron chi connectivity index (χ0n) is 12.7. The number of benzene rings is 2.